The Balaban J connectivity index is 2.25. The van der Waals surface area contributed by atoms with E-state index in [4.69, 9.17) is 5.11 Å². The molecule has 1 rings (SSSR count). The van der Waals surface area contributed by atoms with Crippen LogP contribution in [0.4, 0.5) is 0 Å². The second-order valence-corrected chi connectivity index (χ2v) is 1.55. The first-order valence-corrected chi connectivity index (χ1v) is 1.98. The van der Waals surface area contributed by atoms with Crippen molar-refractivity contribution >= 4 is 6.72 Å². The molecule has 2 heteroatoms. The third kappa shape index (κ3) is 0.431. The van der Waals surface area contributed by atoms with Crippen molar-refractivity contribution in [2.45, 2.75) is 18.6 Å². The fraction of sp³-hybridized carbons (Fsp3) is 0.750. The van der Waals surface area contributed by atoms with Gasteiger partial charge in [0.2, 0.25) is 0 Å². The fourth-order valence-electron chi connectivity index (χ4n) is 0.365. The van der Waals surface area contributed by atoms with Gasteiger partial charge >= 0.3 is 0 Å². The summed E-state index contributed by atoms with van der Waals surface area (Å²) in [5.74, 6) is 0. The highest BCUT2D eigenvalue weighted by atomic mass is 16.3. The first kappa shape index (κ1) is 3.81. The molecule has 0 saturated heterocycles. The minimum absolute atomic E-state index is 0.164. The normalized spacial score (nSPS) is 42.2. The van der Waals surface area contributed by atoms with Crippen molar-refractivity contribution in [2.24, 2.45) is 4.99 Å². The van der Waals surface area contributed by atoms with E-state index < -0.39 is 0 Å². The summed E-state index contributed by atoms with van der Waals surface area (Å²) in [6.45, 7) is 3.26. The van der Waals surface area contributed by atoms with E-state index in [-0.39, 0.29) is 12.1 Å². The molecule has 6 heavy (non-hydrogen) atoms. The third-order valence-electron chi connectivity index (χ3n) is 0.959. The third-order valence-corrected chi connectivity index (χ3v) is 0.959. The van der Waals surface area contributed by atoms with E-state index in [1.807, 2.05) is 0 Å². The van der Waals surface area contributed by atoms with E-state index in [2.05, 4.69) is 11.7 Å². The molecule has 0 aromatic carbocycles. The minimum Gasteiger partial charge on any atom is -0.391 e. The van der Waals surface area contributed by atoms with Gasteiger partial charge in [0.05, 0.1) is 12.1 Å². The Morgan fingerprint density at radius 2 is 2.33 bits per heavy atom. The van der Waals surface area contributed by atoms with Gasteiger partial charge in [0.25, 0.3) is 0 Å². The Kier molecular flexibility index (Phi) is 0.665. The second kappa shape index (κ2) is 1.05. The lowest BCUT2D eigenvalue weighted by Crippen LogP contribution is -1.83. The number of nitrogens with zero attached hydrogens (tertiary/aromatic N) is 1. The van der Waals surface area contributed by atoms with Crippen LogP contribution in [-0.4, -0.2) is 24.0 Å². The van der Waals surface area contributed by atoms with Crippen LogP contribution in [0.25, 0.3) is 0 Å². The van der Waals surface area contributed by atoms with E-state index in [9.17, 15) is 0 Å². The molecule has 0 aromatic rings. The van der Waals surface area contributed by atoms with Gasteiger partial charge in [-0.15, -0.1) is 0 Å². The first-order chi connectivity index (χ1) is 2.84. The number of hydrogen-bond donors (Lipinski definition) is 1. The monoisotopic (exact) mass is 85.1 g/mol. The maximum absolute atomic E-state index is 8.49. The zero-order chi connectivity index (χ0) is 4.57. The molecule has 0 heterocycles. The van der Waals surface area contributed by atoms with Crippen molar-refractivity contribution in [3.63, 3.8) is 0 Å². The van der Waals surface area contributed by atoms with Gasteiger partial charge in [-0.2, -0.15) is 0 Å². The van der Waals surface area contributed by atoms with Crippen LogP contribution in [0.5, 0.6) is 0 Å². The molecule has 2 nitrogen and oxygen atoms in total. The van der Waals surface area contributed by atoms with Crippen LogP contribution in [0.2, 0.25) is 0 Å². The molecule has 0 bridgehead atoms. The molecular formula is C4H7NO. The number of aliphatic imine (C=N–C) groups is 1. The number of hydrogen-bond acceptors (Lipinski definition) is 2. The van der Waals surface area contributed by atoms with E-state index >= 15 is 0 Å². The largest absolute Gasteiger partial charge is 0.391 e. The Labute approximate surface area is 36.5 Å². The molecule has 1 aliphatic carbocycles. The van der Waals surface area contributed by atoms with Gasteiger partial charge in [0, 0.05) is 6.42 Å². The van der Waals surface area contributed by atoms with Crippen LogP contribution in [0.1, 0.15) is 6.42 Å². The summed E-state index contributed by atoms with van der Waals surface area (Å²) in [5, 5.41) is 8.49. The molecule has 0 amide bonds. The maximum Gasteiger partial charge on any atom is 0.0785 e. The zero-order valence-corrected chi connectivity index (χ0v) is 3.46. The van der Waals surface area contributed by atoms with Crippen LogP contribution in [0, 0.1) is 0 Å². The highest BCUT2D eigenvalue weighted by Crippen LogP contribution is 2.23. The summed E-state index contributed by atoms with van der Waals surface area (Å²) in [7, 11) is 0. The van der Waals surface area contributed by atoms with E-state index in [0.717, 1.165) is 6.42 Å². The Morgan fingerprint density at radius 1 is 1.83 bits per heavy atom. The average molecular weight is 85.1 g/mol. The Morgan fingerprint density at radius 3 is 2.33 bits per heavy atom. The summed E-state index contributed by atoms with van der Waals surface area (Å²) >= 11 is 0. The Hall–Kier alpha value is -0.370. The summed E-state index contributed by atoms with van der Waals surface area (Å²) in [6.07, 6.45) is 0.659. The molecule has 34 valence electrons. The molecule has 2 unspecified atom stereocenters. The molecular weight excluding hydrogens is 78.0 g/mol. The molecule has 2 atom stereocenters. The van der Waals surface area contributed by atoms with Gasteiger partial charge < -0.3 is 5.11 Å². The van der Waals surface area contributed by atoms with E-state index in [1.165, 1.54) is 0 Å². The van der Waals surface area contributed by atoms with Crippen molar-refractivity contribution in [3.8, 4) is 0 Å². The molecule has 0 aliphatic heterocycles. The number of aliphatic hydroxyl groups excluding tert-OH is 1. The molecule has 1 fully saturated rings. The van der Waals surface area contributed by atoms with Crippen molar-refractivity contribution in [1.29, 1.82) is 0 Å². The summed E-state index contributed by atoms with van der Waals surface area (Å²) in [5.41, 5.74) is 0. The lowest BCUT2D eigenvalue weighted by Gasteiger charge is -1.73. The minimum atomic E-state index is -0.164. The molecule has 1 aliphatic rings. The smallest absolute Gasteiger partial charge is 0.0785 e. The fourth-order valence-corrected chi connectivity index (χ4v) is 0.365. The predicted octanol–water partition coefficient (Wildman–Crippen LogP) is -0.180. The molecule has 0 radical (unpaired) electrons. The predicted molar refractivity (Wildman–Crippen MR) is 24.0 cm³/mol. The second-order valence-electron chi connectivity index (χ2n) is 1.55. The average Bonchev–Trinajstić information content (AvgIpc) is 2.19. The van der Waals surface area contributed by atoms with Crippen LogP contribution in [0.15, 0.2) is 4.99 Å². The molecule has 1 N–H and O–H groups in total. The van der Waals surface area contributed by atoms with Crippen LogP contribution in [0.3, 0.4) is 0 Å². The summed E-state index contributed by atoms with van der Waals surface area (Å²) in [4.78, 5) is 3.58. The van der Waals surface area contributed by atoms with Crippen molar-refractivity contribution in [1.82, 2.24) is 0 Å². The zero-order valence-electron chi connectivity index (χ0n) is 3.46. The lowest BCUT2D eigenvalue weighted by molar-refractivity contribution is 0.272. The highest BCUT2D eigenvalue weighted by Gasteiger charge is 2.33. The SMILES string of the molecule is C=NC1CC1O. The first-order valence-electron chi connectivity index (χ1n) is 1.98. The van der Waals surface area contributed by atoms with Gasteiger partial charge in [-0.3, -0.25) is 4.99 Å². The van der Waals surface area contributed by atoms with Gasteiger partial charge in [-0.1, -0.05) is 0 Å². The Bertz CT molecular complexity index is 71.9. The van der Waals surface area contributed by atoms with Gasteiger partial charge in [0.1, 0.15) is 0 Å². The molecule has 0 aromatic heterocycles. The quantitative estimate of drug-likeness (QED) is 0.440. The van der Waals surface area contributed by atoms with Gasteiger partial charge in [0.15, 0.2) is 0 Å². The van der Waals surface area contributed by atoms with Crippen LogP contribution >= 0.6 is 0 Å². The van der Waals surface area contributed by atoms with E-state index in [0.29, 0.717) is 0 Å². The summed E-state index contributed by atoms with van der Waals surface area (Å²) in [6, 6.07) is 0.171. The highest BCUT2D eigenvalue weighted by molar-refractivity contribution is 5.26. The lowest BCUT2D eigenvalue weighted by atomic mass is 10.7. The standard InChI is InChI=1S/C4H7NO/c1-5-3-2-4(3)6/h3-4,6H,1-2H2. The molecule has 1 saturated carbocycles. The van der Waals surface area contributed by atoms with Gasteiger partial charge in [-0.25, -0.2) is 0 Å². The molecule has 0 spiro atoms. The van der Waals surface area contributed by atoms with Gasteiger partial charge in [-0.05, 0) is 6.72 Å². The number of rotatable bonds is 1. The summed E-state index contributed by atoms with van der Waals surface area (Å²) < 4.78 is 0. The number of aliphatic hydroxyl groups is 1. The van der Waals surface area contributed by atoms with Crippen molar-refractivity contribution in [2.75, 3.05) is 0 Å². The maximum atomic E-state index is 8.49. The topological polar surface area (TPSA) is 32.6 Å². The van der Waals surface area contributed by atoms with Crippen LogP contribution in [-0.2, 0) is 0 Å². The van der Waals surface area contributed by atoms with Crippen molar-refractivity contribution in [3.05, 3.63) is 0 Å². The van der Waals surface area contributed by atoms with Crippen molar-refractivity contribution < 1.29 is 5.11 Å². The van der Waals surface area contributed by atoms with E-state index in [1.54, 1.807) is 0 Å². The van der Waals surface area contributed by atoms with Crippen LogP contribution < -0.4 is 0 Å².